The Morgan fingerprint density at radius 1 is 1.22 bits per heavy atom. The smallest absolute Gasteiger partial charge is 0.389 e. The summed E-state index contributed by atoms with van der Waals surface area (Å²) < 4.78 is 36.0. The van der Waals surface area contributed by atoms with Crippen molar-refractivity contribution < 1.29 is 27.9 Å². The average molecular weight is 269 g/mol. The van der Waals surface area contributed by atoms with E-state index in [2.05, 4.69) is 5.32 Å². The van der Waals surface area contributed by atoms with Crippen LogP contribution in [-0.2, 0) is 9.59 Å². The van der Waals surface area contributed by atoms with Gasteiger partial charge in [-0.3, -0.25) is 9.59 Å². The lowest BCUT2D eigenvalue weighted by molar-refractivity contribution is -0.151. The van der Waals surface area contributed by atoms with Crippen LogP contribution in [0.15, 0.2) is 0 Å². The molecule has 0 aliphatic heterocycles. The predicted molar refractivity (Wildman–Crippen MR) is 58.9 cm³/mol. The van der Waals surface area contributed by atoms with Gasteiger partial charge in [-0.25, -0.2) is 0 Å². The third-order valence-corrected chi connectivity index (χ3v) is 2.07. The van der Waals surface area contributed by atoms with Crippen molar-refractivity contribution in [2.75, 3.05) is 0 Å². The van der Waals surface area contributed by atoms with Crippen molar-refractivity contribution in [3.8, 4) is 0 Å². The lowest BCUT2D eigenvalue weighted by Crippen LogP contribution is -2.42. The molecule has 106 valence electrons. The Hall–Kier alpha value is -1.27. The Balaban J connectivity index is 4.37. The van der Waals surface area contributed by atoms with Gasteiger partial charge < -0.3 is 10.4 Å². The summed E-state index contributed by atoms with van der Waals surface area (Å²) in [4.78, 5) is 22.2. The lowest BCUT2D eigenvalue weighted by Gasteiger charge is -2.22. The van der Waals surface area contributed by atoms with Crippen LogP contribution in [0.25, 0.3) is 0 Å². The minimum absolute atomic E-state index is 0.442. The monoisotopic (exact) mass is 269 g/mol. The van der Waals surface area contributed by atoms with Crippen LogP contribution in [0.5, 0.6) is 0 Å². The van der Waals surface area contributed by atoms with Gasteiger partial charge in [0.2, 0.25) is 5.91 Å². The van der Waals surface area contributed by atoms with E-state index in [0.717, 1.165) is 0 Å². The summed E-state index contributed by atoms with van der Waals surface area (Å²) in [7, 11) is 0. The van der Waals surface area contributed by atoms with Crippen LogP contribution in [0.4, 0.5) is 13.2 Å². The summed E-state index contributed by atoms with van der Waals surface area (Å²) in [6, 6.07) is 0. The van der Waals surface area contributed by atoms with Gasteiger partial charge in [-0.15, -0.1) is 0 Å². The lowest BCUT2D eigenvalue weighted by atomic mass is 9.98. The molecule has 0 aliphatic rings. The summed E-state index contributed by atoms with van der Waals surface area (Å²) in [5, 5.41) is 11.3. The highest BCUT2D eigenvalue weighted by Crippen LogP contribution is 2.25. The van der Waals surface area contributed by atoms with Crippen molar-refractivity contribution in [3.05, 3.63) is 0 Å². The van der Waals surface area contributed by atoms with Crippen LogP contribution in [0.2, 0.25) is 0 Å². The van der Waals surface area contributed by atoms with Gasteiger partial charge in [0, 0.05) is 18.4 Å². The number of carboxylic acid groups (broad SMARTS) is 1. The van der Waals surface area contributed by atoms with Gasteiger partial charge in [-0.05, 0) is 27.2 Å². The zero-order valence-electron chi connectivity index (χ0n) is 10.6. The second kappa shape index (κ2) is 6.06. The minimum atomic E-state index is -4.41. The number of aliphatic carboxylic acids is 1. The van der Waals surface area contributed by atoms with Crippen LogP contribution in [-0.4, -0.2) is 28.7 Å². The van der Waals surface area contributed by atoms with Gasteiger partial charge in [-0.2, -0.15) is 13.2 Å². The van der Waals surface area contributed by atoms with Crippen molar-refractivity contribution in [1.82, 2.24) is 5.32 Å². The summed E-state index contributed by atoms with van der Waals surface area (Å²) in [5.74, 6) is -3.26. The van der Waals surface area contributed by atoms with Crippen molar-refractivity contribution in [1.29, 1.82) is 0 Å². The van der Waals surface area contributed by atoms with Gasteiger partial charge in [0.25, 0.3) is 0 Å². The first-order valence-electron chi connectivity index (χ1n) is 5.51. The molecule has 0 aromatic heterocycles. The molecule has 0 spiro atoms. The maximum Gasteiger partial charge on any atom is 0.389 e. The molecular weight excluding hydrogens is 251 g/mol. The molecule has 4 nitrogen and oxygen atoms in total. The van der Waals surface area contributed by atoms with E-state index < -0.39 is 48.8 Å². The zero-order valence-corrected chi connectivity index (χ0v) is 10.6. The fraction of sp³-hybridized carbons (Fsp3) is 0.818. The Morgan fingerprint density at radius 2 is 1.72 bits per heavy atom. The average Bonchev–Trinajstić information content (AvgIpc) is 2.06. The molecule has 7 heteroatoms. The molecule has 0 aliphatic carbocycles. The van der Waals surface area contributed by atoms with Crippen molar-refractivity contribution >= 4 is 11.9 Å². The van der Waals surface area contributed by atoms with E-state index in [4.69, 9.17) is 5.11 Å². The Labute approximate surface area is 104 Å². The summed E-state index contributed by atoms with van der Waals surface area (Å²) in [6.45, 7) is 5.11. The molecule has 18 heavy (non-hydrogen) atoms. The third-order valence-electron chi connectivity index (χ3n) is 2.07. The third kappa shape index (κ3) is 8.83. The molecule has 0 aromatic rings. The molecule has 0 fully saturated rings. The van der Waals surface area contributed by atoms with Crippen LogP contribution in [0.3, 0.4) is 0 Å². The second-order valence-corrected chi connectivity index (χ2v) is 5.19. The molecule has 1 unspecified atom stereocenters. The first-order chi connectivity index (χ1) is 7.91. The highest BCUT2D eigenvalue weighted by atomic mass is 19.4. The van der Waals surface area contributed by atoms with Crippen LogP contribution >= 0.6 is 0 Å². The van der Waals surface area contributed by atoms with E-state index in [1.165, 1.54) is 0 Å². The number of carbonyl (C=O) groups excluding carboxylic acids is 1. The van der Waals surface area contributed by atoms with Crippen molar-refractivity contribution in [2.45, 2.75) is 51.7 Å². The molecule has 0 heterocycles. The summed E-state index contributed by atoms with van der Waals surface area (Å²) in [6.07, 6.45) is -6.64. The highest BCUT2D eigenvalue weighted by molar-refractivity contribution is 5.82. The minimum Gasteiger partial charge on any atom is -0.481 e. The maximum atomic E-state index is 12.0. The molecule has 1 atom stereocenters. The summed E-state index contributed by atoms with van der Waals surface area (Å²) in [5.41, 5.74) is -0.538. The molecule has 0 aromatic carbocycles. The number of hydrogen-bond acceptors (Lipinski definition) is 2. The van der Waals surface area contributed by atoms with E-state index >= 15 is 0 Å². The van der Waals surface area contributed by atoms with Gasteiger partial charge >= 0.3 is 12.1 Å². The maximum absolute atomic E-state index is 12.0. The number of amides is 1. The molecule has 0 saturated carbocycles. The Kier molecular flexibility index (Phi) is 5.63. The van der Waals surface area contributed by atoms with Crippen LogP contribution in [0, 0.1) is 5.92 Å². The number of rotatable bonds is 5. The van der Waals surface area contributed by atoms with Gasteiger partial charge in [0.05, 0.1) is 5.92 Å². The molecular formula is C11H18F3NO3. The zero-order chi connectivity index (χ0) is 14.6. The number of halogens is 3. The molecule has 0 radical (unpaired) electrons. The standard InChI is InChI=1S/C11H18F3NO3/c1-10(2,3)15-8(16)6-7(9(17)18)4-5-11(12,13)14/h7H,4-6H2,1-3H3,(H,15,16)(H,17,18). The second-order valence-electron chi connectivity index (χ2n) is 5.19. The number of carbonyl (C=O) groups is 2. The number of nitrogens with one attached hydrogen (secondary N) is 1. The van der Waals surface area contributed by atoms with Crippen molar-refractivity contribution in [3.63, 3.8) is 0 Å². The quantitative estimate of drug-likeness (QED) is 0.805. The Morgan fingerprint density at radius 3 is 2.06 bits per heavy atom. The summed E-state index contributed by atoms with van der Waals surface area (Å²) >= 11 is 0. The van der Waals surface area contributed by atoms with E-state index in [9.17, 15) is 22.8 Å². The molecule has 2 N–H and O–H groups in total. The Bertz CT molecular complexity index is 308. The number of carboxylic acids is 1. The van der Waals surface area contributed by atoms with E-state index in [1.54, 1.807) is 20.8 Å². The van der Waals surface area contributed by atoms with E-state index in [0.29, 0.717) is 0 Å². The number of hydrogen-bond donors (Lipinski definition) is 2. The first-order valence-corrected chi connectivity index (χ1v) is 5.51. The van der Waals surface area contributed by atoms with Gasteiger partial charge in [-0.1, -0.05) is 0 Å². The molecule has 0 rings (SSSR count). The molecule has 0 saturated heterocycles. The molecule has 0 bridgehead atoms. The SMILES string of the molecule is CC(C)(C)NC(=O)CC(CCC(F)(F)F)C(=O)O. The van der Waals surface area contributed by atoms with Crippen molar-refractivity contribution in [2.24, 2.45) is 5.92 Å². The first kappa shape index (κ1) is 16.7. The fourth-order valence-electron chi connectivity index (χ4n) is 1.34. The van der Waals surface area contributed by atoms with Gasteiger partial charge in [0.15, 0.2) is 0 Å². The highest BCUT2D eigenvalue weighted by Gasteiger charge is 2.31. The van der Waals surface area contributed by atoms with Crippen LogP contribution in [0.1, 0.15) is 40.0 Å². The van der Waals surface area contributed by atoms with E-state index in [1.807, 2.05) is 0 Å². The van der Waals surface area contributed by atoms with Gasteiger partial charge in [0.1, 0.15) is 0 Å². The topological polar surface area (TPSA) is 66.4 Å². The predicted octanol–water partition coefficient (Wildman–Crippen LogP) is 2.33. The van der Waals surface area contributed by atoms with E-state index in [-0.39, 0.29) is 0 Å². The molecule has 1 amide bonds. The largest absolute Gasteiger partial charge is 0.481 e. The van der Waals surface area contributed by atoms with Crippen LogP contribution < -0.4 is 5.32 Å². The fourth-order valence-corrected chi connectivity index (χ4v) is 1.34. The number of alkyl halides is 3. The normalized spacial score (nSPS) is 14.1.